The number of rotatable bonds is 10. The maximum absolute atomic E-state index is 3.84. The Labute approximate surface area is 131 Å². The molecule has 2 rings (SSSR count). The minimum absolute atomic E-state index is 0.646. The first-order chi connectivity index (χ1) is 9.78. The van der Waals surface area contributed by atoms with Crippen LogP contribution >= 0.6 is 11.8 Å². The first-order valence-corrected chi connectivity index (χ1v) is 10.2. The standard InChI is InChI=1S/C18H35NS/c1-3-5-6-16-9-11-18(12-10-16,13-14-20-4-2)15-19-17-7-8-17/h16-17,19H,3-15H2,1-2H3. The molecule has 2 saturated carbocycles. The minimum atomic E-state index is 0.646. The Hall–Kier alpha value is 0.310. The fraction of sp³-hybridized carbons (Fsp3) is 1.00. The van der Waals surface area contributed by atoms with Crippen molar-refractivity contribution in [2.45, 2.75) is 84.1 Å². The van der Waals surface area contributed by atoms with Crippen molar-refractivity contribution < 1.29 is 0 Å². The predicted molar refractivity (Wildman–Crippen MR) is 92.6 cm³/mol. The van der Waals surface area contributed by atoms with Gasteiger partial charge in [0.1, 0.15) is 0 Å². The molecule has 2 aliphatic rings. The summed E-state index contributed by atoms with van der Waals surface area (Å²) in [6.07, 6.45) is 14.6. The summed E-state index contributed by atoms with van der Waals surface area (Å²) in [5.74, 6) is 3.70. The molecule has 0 radical (unpaired) electrons. The third-order valence-corrected chi connectivity index (χ3v) is 6.36. The van der Waals surface area contributed by atoms with E-state index < -0.39 is 0 Å². The third-order valence-electron chi connectivity index (χ3n) is 5.46. The topological polar surface area (TPSA) is 12.0 Å². The van der Waals surface area contributed by atoms with Gasteiger partial charge in [-0.15, -0.1) is 0 Å². The molecular weight excluding hydrogens is 262 g/mol. The Kier molecular flexibility index (Phi) is 7.24. The molecule has 118 valence electrons. The maximum Gasteiger partial charge on any atom is 0.00684 e. The fourth-order valence-corrected chi connectivity index (χ4v) is 4.53. The average Bonchev–Trinajstić information content (AvgIpc) is 3.29. The molecule has 0 aromatic carbocycles. The molecule has 2 heteroatoms. The van der Waals surface area contributed by atoms with Crippen LogP contribution < -0.4 is 5.32 Å². The molecule has 0 amide bonds. The highest BCUT2D eigenvalue weighted by Crippen LogP contribution is 2.43. The van der Waals surface area contributed by atoms with Gasteiger partial charge in [0.15, 0.2) is 0 Å². The Morgan fingerprint density at radius 1 is 1.10 bits per heavy atom. The van der Waals surface area contributed by atoms with Crippen molar-refractivity contribution >= 4 is 11.8 Å². The number of hydrogen-bond donors (Lipinski definition) is 1. The molecule has 0 aromatic heterocycles. The second-order valence-corrected chi connectivity index (χ2v) is 8.58. The van der Waals surface area contributed by atoms with Crippen LogP contribution in [-0.4, -0.2) is 24.1 Å². The zero-order valence-corrected chi connectivity index (χ0v) is 14.6. The van der Waals surface area contributed by atoms with Crippen molar-refractivity contribution in [3.63, 3.8) is 0 Å². The van der Waals surface area contributed by atoms with Gasteiger partial charge in [-0.2, -0.15) is 11.8 Å². The lowest BCUT2D eigenvalue weighted by Gasteiger charge is -2.41. The summed E-state index contributed by atoms with van der Waals surface area (Å²) in [5.41, 5.74) is 0.646. The van der Waals surface area contributed by atoms with E-state index in [1.165, 1.54) is 82.3 Å². The van der Waals surface area contributed by atoms with Gasteiger partial charge in [0.05, 0.1) is 0 Å². The van der Waals surface area contributed by atoms with Crippen LogP contribution in [-0.2, 0) is 0 Å². The average molecular weight is 298 g/mol. The van der Waals surface area contributed by atoms with E-state index >= 15 is 0 Å². The largest absolute Gasteiger partial charge is 0.313 e. The summed E-state index contributed by atoms with van der Waals surface area (Å²) >= 11 is 2.14. The van der Waals surface area contributed by atoms with Crippen LogP contribution in [0.15, 0.2) is 0 Å². The third kappa shape index (κ3) is 5.60. The van der Waals surface area contributed by atoms with Crippen molar-refractivity contribution in [3.8, 4) is 0 Å². The molecule has 0 bridgehead atoms. The summed E-state index contributed by atoms with van der Waals surface area (Å²) in [4.78, 5) is 0. The molecule has 0 heterocycles. The highest BCUT2D eigenvalue weighted by atomic mass is 32.2. The van der Waals surface area contributed by atoms with E-state index in [1.54, 1.807) is 0 Å². The van der Waals surface area contributed by atoms with Gasteiger partial charge < -0.3 is 5.32 Å². The molecule has 0 atom stereocenters. The van der Waals surface area contributed by atoms with Gasteiger partial charge in [-0.25, -0.2) is 0 Å². The second-order valence-electron chi connectivity index (χ2n) is 7.19. The van der Waals surface area contributed by atoms with Gasteiger partial charge >= 0.3 is 0 Å². The van der Waals surface area contributed by atoms with Gasteiger partial charge in [-0.1, -0.05) is 33.1 Å². The van der Waals surface area contributed by atoms with E-state index in [0.717, 1.165) is 12.0 Å². The zero-order chi connectivity index (χ0) is 14.3. The summed E-state index contributed by atoms with van der Waals surface area (Å²) in [5, 5.41) is 3.84. The first kappa shape index (κ1) is 16.7. The Morgan fingerprint density at radius 3 is 2.45 bits per heavy atom. The van der Waals surface area contributed by atoms with Crippen LogP contribution in [0.3, 0.4) is 0 Å². The molecule has 0 saturated heterocycles. The minimum Gasteiger partial charge on any atom is -0.313 e. The molecule has 20 heavy (non-hydrogen) atoms. The molecule has 2 aliphatic carbocycles. The van der Waals surface area contributed by atoms with E-state index in [4.69, 9.17) is 0 Å². The molecule has 0 unspecified atom stereocenters. The molecular formula is C18H35NS. The SMILES string of the molecule is CCCCC1CCC(CCSCC)(CNC2CC2)CC1. The Balaban J connectivity index is 1.77. The quantitative estimate of drug-likeness (QED) is 0.553. The number of thioether (sulfide) groups is 1. The van der Waals surface area contributed by atoms with E-state index in [1.807, 2.05) is 0 Å². The van der Waals surface area contributed by atoms with E-state index in [0.29, 0.717) is 5.41 Å². The van der Waals surface area contributed by atoms with Crippen LogP contribution in [0.2, 0.25) is 0 Å². The normalized spacial score (nSPS) is 30.6. The van der Waals surface area contributed by atoms with Crippen molar-refractivity contribution in [1.82, 2.24) is 5.32 Å². The van der Waals surface area contributed by atoms with Crippen molar-refractivity contribution in [2.75, 3.05) is 18.1 Å². The molecule has 1 N–H and O–H groups in total. The van der Waals surface area contributed by atoms with Gasteiger partial charge in [0.2, 0.25) is 0 Å². The van der Waals surface area contributed by atoms with Crippen LogP contribution in [0.25, 0.3) is 0 Å². The summed E-state index contributed by atoms with van der Waals surface area (Å²) in [6, 6.07) is 0.878. The van der Waals surface area contributed by atoms with E-state index in [-0.39, 0.29) is 0 Å². The highest BCUT2D eigenvalue weighted by molar-refractivity contribution is 7.99. The lowest BCUT2D eigenvalue weighted by molar-refractivity contribution is 0.134. The lowest BCUT2D eigenvalue weighted by atomic mass is 9.68. The highest BCUT2D eigenvalue weighted by Gasteiger charge is 2.36. The molecule has 0 spiro atoms. The maximum atomic E-state index is 3.84. The zero-order valence-electron chi connectivity index (χ0n) is 13.8. The molecule has 0 aromatic rings. The summed E-state index contributed by atoms with van der Waals surface area (Å²) in [7, 11) is 0. The van der Waals surface area contributed by atoms with E-state index in [2.05, 4.69) is 30.9 Å². The van der Waals surface area contributed by atoms with Crippen LogP contribution in [0.1, 0.15) is 78.1 Å². The summed E-state index contributed by atoms with van der Waals surface area (Å²) in [6.45, 7) is 5.93. The Bertz CT molecular complexity index is 254. The van der Waals surface area contributed by atoms with E-state index in [9.17, 15) is 0 Å². The predicted octanol–water partition coefficient (Wildman–Crippen LogP) is 5.25. The first-order valence-electron chi connectivity index (χ1n) is 9.09. The lowest BCUT2D eigenvalue weighted by Crippen LogP contribution is -2.39. The van der Waals surface area contributed by atoms with Crippen LogP contribution in [0.4, 0.5) is 0 Å². The van der Waals surface area contributed by atoms with Gasteiger partial charge in [0, 0.05) is 12.6 Å². The van der Waals surface area contributed by atoms with Crippen LogP contribution in [0, 0.1) is 11.3 Å². The van der Waals surface area contributed by atoms with Gasteiger partial charge in [-0.3, -0.25) is 0 Å². The molecule has 2 fully saturated rings. The van der Waals surface area contributed by atoms with Crippen molar-refractivity contribution in [3.05, 3.63) is 0 Å². The van der Waals surface area contributed by atoms with Crippen molar-refractivity contribution in [1.29, 1.82) is 0 Å². The number of nitrogens with one attached hydrogen (secondary N) is 1. The smallest absolute Gasteiger partial charge is 0.00684 e. The number of hydrogen-bond acceptors (Lipinski definition) is 2. The number of unbranched alkanes of at least 4 members (excludes halogenated alkanes) is 1. The second kappa shape index (κ2) is 8.68. The molecule has 0 aliphatic heterocycles. The Morgan fingerprint density at radius 2 is 1.85 bits per heavy atom. The molecule has 1 nitrogen and oxygen atoms in total. The van der Waals surface area contributed by atoms with Crippen LogP contribution in [0.5, 0.6) is 0 Å². The van der Waals surface area contributed by atoms with Crippen molar-refractivity contribution in [2.24, 2.45) is 11.3 Å². The van der Waals surface area contributed by atoms with Gasteiger partial charge in [-0.05, 0) is 67.8 Å². The van der Waals surface area contributed by atoms with Gasteiger partial charge in [0.25, 0.3) is 0 Å². The monoisotopic (exact) mass is 297 g/mol. The summed E-state index contributed by atoms with van der Waals surface area (Å²) < 4.78 is 0. The fourth-order valence-electron chi connectivity index (χ4n) is 3.67.